The van der Waals surface area contributed by atoms with Crippen molar-refractivity contribution in [1.29, 1.82) is 0 Å². The zero-order valence-corrected chi connectivity index (χ0v) is 17.2. The molecule has 152 valence electrons. The molecule has 4 rings (SSSR count). The molecule has 2 aromatic rings. The second-order valence-corrected chi connectivity index (χ2v) is 8.22. The van der Waals surface area contributed by atoms with Crippen LogP contribution in [0.5, 0.6) is 0 Å². The molecule has 4 heterocycles. The molecule has 0 N–H and O–H groups in total. The molecule has 2 saturated heterocycles. The highest BCUT2D eigenvalue weighted by Gasteiger charge is 2.22. The highest BCUT2D eigenvalue weighted by Crippen LogP contribution is 2.19. The van der Waals surface area contributed by atoms with E-state index in [9.17, 15) is 9.59 Å². The minimum absolute atomic E-state index is 0.0494. The topological polar surface area (TPSA) is 69.6 Å². The summed E-state index contributed by atoms with van der Waals surface area (Å²) in [6, 6.07) is 9.53. The van der Waals surface area contributed by atoms with Gasteiger partial charge in [0.15, 0.2) is 0 Å². The maximum absolute atomic E-state index is 12.5. The smallest absolute Gasteiger partial charge is 0.255 e. The summed E-state index contributed by atoms with van der Waals surface area (Å²) in [4.78, 5) is 39.6. The SMILES string of the molecule is O=C(CSc1ccc(C(=O)N2CCCC2)cn1)N1CCN(c2ccccn2)CC1. The van der Waals surface area contributed by atoms with Crippen LogP contribution in [0.15, 0.2) is 47.8 Å². The molecule has 2 aliphatic rings. The quantitative estimate of drug-likeness (QED) is 0.703. The molecule has 0 bridgehead atoms. The van der Waals surface area contributed by atoms with Crippen LogP contribution in [-0.2, 0) is 4.79 Å². The van der Waals surface area contributed by atoms with Gasteiger partial charge in [0.2, 0.25) is 5.91 Å². The van der Waals surface area contributed by atoms with E-state index in [4.69, 9.17) is 0 Å². The second kappa shape index (κ2) is 9.26. The Morgan fingerprint density at radius 1 is 0.897 bits per heavy atom. The van der Waals surface area contributed by atoms with Gasteiger partial charge in [-0.1, -0.05) is 17.8 Å². The number of rotatable bonds is 5. The van der Waals surface area contributed by atoms with Gasteiger partial charge >= 0.3 is 0 Å². The third kappa shape index (κ3) is 4.87. The van der Waals surface area contributed by atoms with Crippen molar-refractivity contribution in [3.8, 4) is 0 Å². The molecule has 2 fully saturated rings. The fraction of sp³-hybridized carbons (Fsp3) is 0.429. The van der Waals surface area contributed by atoms with Gasteiger partial charge in [-0.3, -0.25) is 9.59 Å². The summed E-state index contributed by atoms with van der Waals surface area (Å²) in [7, 11) is 0. The number of nitrogens with zero attached hydrogens (tertiary/aromatic N) is 5. The van der Waals surface area contributed by atoms with E-state index in [1.165, 1.54) is 11.8 Å². The van der Waals surface area contributed by atoms with Crippen molar-refractivity contribution in [1.82, 2.24) is 19.8 Å². The Balaban J connectivity index is 1.24. The zero-order chi connectivity index (χ0) is 20.1. The Hall–Kier alpha value is -2.61. The van der Waals surface area contributed by atoms with Gasteiger partial charge in [0.25, 0.3) is 5.91 Å². The van der Waals surface area contributed by atoms with Crippen molar-refractivity contribution in [2.75, 3.05) is 49.9 Å². The van der Waals surface area contributed by atoms with E-state index >= 15 is 0 Å². The first-order valence-electron chi connectivity index (χ1n) is 10.0. The van der Waals surface area contributed by atoms with Crippen molar-refractivity contribution < 1.29 is 9.59 Å². The molecule has 0 saturated carbocycles. The lowest BCUT2D eigenvalue weighted by Crippen LogP contribution is -2.49. The number of carbonyl (C=O) groups excluding carboxylic acids is 2. The van der Waals surface area contributed by atoms with E-state index < -0.39 is 0 Å². The molecule has 0 spiro atoms. The van der Waals surface area contributed by atoms with Gasteiger partial charge in [-0.05, 0) is 37.1 Å². The Morgan fingerprint density at radius 3 is 2.34 bits per heavy atom. The normalized spacial score (nSPS) is 16.9. The van der Waals surface area contributed by atoms with Gasteiger partial charge in [0.1, 0.15) is 5.82 Å². The van der Waals surface area contributed by atoms with E-state index in [1.54, 1.807) is 12.4 Å². The van der Waals surface area contributed by atoms with E-state index in [-0.39, 0.29) is 11.8 Å². The minimum Gasteiger partial charge on any atom is -0.353 e. The standard InChI is InChI=1S/C21H25N5O2S/c27-20(25-13-11-24(12-14-25)18-5-1-2-8-22-18)16-29-19-7-6-17(15-23-19)21(28)26-9-3-4-10-26/h1-2,5-8,15H,3-4,9-14,16H2. The number of aromatic nitrogens is 2. The highest BCUT2D eigenvalue weighted by molar-refractivity contribution is 7.99. The van der Waals surface area contributed by atoms with Crippen molar-refractivity contribution in [2.24, 2.45) is 0 Å². The van der Waals surface area contributed by atoms with Crippen molar-refractivity contribution in [2.45, 2.75) is 17.9 Å². The molecule has 2 amide bonds. The third-order valence-electron chi connectivity index (χ3n) is 5.33. The van der Waals surface area contributed by atoms with Gasteiger partial charge in [-0.15, -0.1) is 0 Å². The van der Waals surface area contributed by atoms with Crippen LogP contribution < -0.4 is 4.90 Å². The molecular weight excluding hydrogens is 386 g/mol. The first kappa shape index (κ1) is 19.7. The maximum atomic E-state index is 12.5. The van der Waals surface area contributed by atoms with E-state index in [2.05, 4.69) is 14.9 Å². The fourth-order valence-electron chi connectivity index (χ4n) is 3.65. The lowest BCUT2D eigenvalue weighted by Gasteiger charge is -2.35. The van der Waals surface area contributed by atoms with E-state index in [1.807, 2.05) is 40.1 Å². The minimum atomic E-state index is 0.0494. The summed E-state index contributed by atoms with van der Waals surface area (Å²) in [5, 5.41) is 0.767. The number of amides is 2. The summed E-state index contributed by atoms with van der Waals surface area (Å²) < 4.78 is 0. The van der Waals surface area contributed by atoms with Gasteiger partial charge in [0.05, 0.1) is 16.3 Å². The predicted molar refractivity (Wildman–Crippen MR) is 113 cm³/mol. The number of anilines is 1. The predicted octanol–water partition coefficient (Wildman–Crippen LogP) is 2.15. The number of carbonyl (C=O) groups is 2. The summed E-state index contributed by atoms with van der Waals surface area (Å²) in [6.07, 6.45) is 5.57. The van der Waals surface area contributed by atoms with E-state index in [0.29, 0.717) is 24.4 Å². The zero-order valence-electron chi connectivity index (χ0n) is 16.4. The average Bonchev–Trinajstić information content (AvgIpc) is 3.33. The number of hydrogen-bond donors (Lipinski definition) is 0. The molecule has 8 heteroatoms. The largest absolute Gasteiger partial charge is 0.353 e. The summed E-state index contributed by atoms with van der Waals surface area (Å²) in [6.45, 7) is 4.65. The van der Waals surface area contributed by atoms with Crippen molar-refractivity contribution >= 4 is 29.4 Å². The Morgan fingerprint density at radius 2 is 1.69 bits per heavy atom. The Kier molecular flexibility index (Phi) is 6.29. The molecule has 0 unspecified atom stereocenters. The summed E-state index contributed by atoms with van der Waals surface area (Å²) in [5.74, 6) is 1.49. The Labute approximate surface area is 175 Å². The van der Waals surface area contributed by atoms with Gasteiger partial charge < -0.3 is 14.7 Å². The number of pyridine rings is 2. The van der Waals surface area contributed by atoms with Gasteiger partial charge in [-0.2, -0.15) is 0 Å². The third-order valence-corrected chi connectivity index (χ3v) is 6.25. The van der Waals surface area contributed by atoms with Crippen LogP contribution in [0.25, 0.3) is 0 Å². The highest BCUT2D eigenvalue weighted by atomic mass is 32.2. The van der Waals surface area contributed by atoms with E-state index in [0.717, 1.165) is 49.9 Å². The van der Waals surface area contributed by atoms with Crippen molar-refractivity contribution in [3.63, 3.8) is 0 Å². The number of likely N-dealkylation sites (tertiary alicyclic amines) is 1. The van der Waals surface area contributed by atoms with Crippen LogP contribution in [0.4, 0.5) is 5.82 Å². The molecular formula is C21H25N5O2S. The summed E-state index contributed by atoms with van der Waals surface area (Å²) in [5.41, 5.74) is 0.619. The van der Waals surface area contributed by atoms with Crippen LogP contribution in [0.1, 0.15) is 23.2 Å². The molecule has 0 atom stereocenters. The number of piperazine rings is 1. The van der Waals surface area contributed by atoms with Crippen LogP contribution in [0, 0.1) is 0 Å². The molecule has 7 nitrogen and oxygen atoms in total. The first-order chi connectivity index (χ1) is 14.2. The van der Waals surface area contributed by atoms with Gasteiger partial charge in [0, 0.05) is 51.7 Å². The van der Waals surface area contributed by atoms with Crippen LogP contribution >= 0.6 is 11.8 Å². The van der Waals surface area contributed by atoms with Crippen molar-refractivity contribution in [3.05, 3.63) is 48.3 Å². The number of hydrogen-bond acceptors (Lipinski definition) is 6. The van der Waals surface area contributed by atoms with Crippen LogP contribution in [0.3, 0.4) is 0 Å². The van der Waals surface area contributed by atoms with Gasteiger partial charge in [-0.25, -0.2) is 9.97 Å². The van der Waals surface area contributed by atoms with Crippen LogP contribution in [-0.4, -0.2) is 76.6 Å². The maximum Gasteiger partial charge on any atom is 0.255 e. The lowest BCUT2D eigenvalue weighted by atomic mass is 10.2. The fourth-order valence-corrected chi connectivity index (χ4v) is 4.39. The second-order valence-electron chi connectivity index (χ2n) is 7.23. The lowest BCUT2D eigenvalue weighted by molar-refractivity contribution is -0.128. The average molecular weight is 412 g/mol. The number of thioether (sulfide) groups is 1. The molecule has 29 heavy (non-hydrogen) atoms. The molecule has 2 aliphatic heterocycles. The van der Waals surface area contributed by atoms with Crippen LogP contribution in [0.2, 0.25) is 0 Å². The molecule has 0 aromatic carbocycles. The molecule has 0 aliphatic carbocycles. The first-order valence-corrected chi connectivity index (χ1v) is 11.0. The Bertz CT molecular complexity index is 832. The monoisotopic (exact) mass is 411 g/mol. The molecule has 2 aromatic heterocycles. The molecule has 0 radical (unpaired) electrons. The summed E-state index contributed by atoms with van der Waals surface area (Å²) >= 11 is 1.42.